The van der Waals surface area contributed by atoms with Crippen molar-refractivity contribution in [1.29, 1.82) is 0 Å². The Morgan fingerprint density at radius 1 is 1.38 bits per heavy atom. The van der Waals surface area contributed by atoms with Gasteiger partial charge in [-0.25, -0.2) is 4.98 Å². The number of nitrogens with zero attached hydrogens (tertiary/aromatic N) is 2. The molecule has 0 spiro atoms. The van der Waals surface area contributed by atoms with E-state index in [2.05, 4.69) is 31.4 Å². The number of carbonyl (C=O) groups is 1. The molecule has 1 heterocycles. The maximum Gasteiger partial charge on any atom is 0.274 e. The second-order valence-corrected chi connectivity index (χ2v) is 5.34. The maximum atomic E-state index is 12.1. The molecular weight excluding hydrogens is 360 g/mol. The average molecular weight is 370 g/mol. The molecule has 0 atom stereocenters. The first-order valence-electron chi connectivity index (χ1n) is 5.71. The van der Waals surface area contributed by atoms with Crippen molar-refractivity contribution < 1.29 is 10.0 Å². The summed E-state index contributed by atoms with van der Waals surface area (Å²) in [5.41, 5.74) is 6.47. The van der Waals surface area contributed by atoms with Crippen LogP contribution in [0.1, 0.15) is 16.1 Å². The molecule has 2 aromatic rings. The molecule has 21 heavy (non-hydrogen) atoms. The van der Waals surface area contributed by atoms with E-state index in [4.69, 9.17) is 22.5 Å². The van der Waals surface area contributed by atoms with Gasteiger partial charge in [0.1, 0.15) is 5.69 Å². The zero-order valence-corrected chi connectivity index (χ0v) is 12.9. The first kappa shape index (κ1) is 15.3. The van der Waals surface area contributed by atoms with Crippen LogP contribution in [0.5, 0.6) is 0 Å². The Kier molecular flexibility index (Phi) is 4.77. The third-order valence-corrected chi connectivity index (χ3v) is 3.28. The quantitative estimate of drug-likeness (QED) is 0.335. The van der Waals surface area contributed by atoms with Crippen molar-refractivity contribution in [3.63, 3.8) is 0 Å². The number of anilines is 1. The van der Waals surface area contributed by atoms with Crippen LogP contribution in [0.25, 0.3) is 0 Å². The van der Waals surface area contributed by atoms with Gasteiger partial charge in [0.2, 0.25) is 0 Å². The first-order chi connectivity index (χ1) is 10.0. The standard InChI is InChI=1S/C13H10BrClN4O2/c14-7-1-4-10(17-6-7)13(20)18-11-5-8(15)2-3-9(11)12(16)19-21/h1-6,21H,(H2,16,19)(H,18,20). The number of amidine groups is 1. The summed E-state index contributed by atoms with van der Waals surface area (Å²) < 4.78 is 0.763. The predicted molar refractivity (Wildman–Crippen MR) is 83.9 cm³/mol. The fourth-order valence-electron chi connectivity index (χ4n) is 1.59. The number of oxime groups is 1. The second kappa shape index (κ2) is 6.55. The molecule has 0 fully saturated rings. The van der Waals surface area contributed by atoms with Gasteiger partial charge in [-0.3, -0.25) is 4.79 Å². The summed E-state index contributed by atoms with van der Waals surface area (Å²) in [5.74, 6) is -0.567. The van der Waals surface area contributed by atoms with Crippen LogP contribution in [-0.2, 0) is 0 Å². The van der Waals surface area contributed by atoms with Gasteiger partial charge in [-0.2, -0.15) is 0 Å². The lowest BCUT2D eigenvalue weighted by Gasteiger charge is -2.10. The van der Waals surface area contributed by atoms with Gasteiger partial charge in [0.15, 0.2) is 5.84 Å². The zero-order chi connectivity index (χ0) is 15.4. The largest absolute Gasteiger partial charge is 0.409 e. The van der Waals surface area contributed by atoms with Crippen molar-refractivity contribution >= 4 is 45.0 Å². The van der Waals surface area contributed by atoms with Crippen LogP contribution in [0.4, 0.5) is 5.69 Å². The van der Waals surface area contributed by atoms with E-state index in [0.717, 1.165) is 4.47 Å². The van der Waals surface area contributed by atoms with Gasteiger partial charge < -0.3 is 16.3 Å². The highest BCUT2D eigenvalue weighted by Crippen LogP contribution is 2.21. The molecule has 0 unspecified atom stereocenters. The summed E-state index contributed by atoms with van der Waals surface area (Å²) in [4.78, 5) is 16.1. The van der Waals surface area contributed by atoms with E-state index in [1.165, 1.54) is 12.3 Å². The summed E-state index contributed by atoms with van der Waals surface area (Å²) >= 11 is 9.14. The van der Waals surface area contributed by atoms with Crippen molar-refractivity contribution in [3.8, 4) is 0 Å². The van der Waals surface area contributed by atoms with Crippen molar-refractivity contribution in [2.75, 3.05) is 5.32 Å². The number of rotatable bonds is 3. The monoisotopic (exact) mass is 368 g/mol. The van der Waals surface area contributed by atoms with Crippen LogP contribution in [0, 0.1) is 0 Å². The van der Waals surface area contributed by atoms with Gasteiger partial charge in [-0.05, 0) is 46.3 Å². The molecule has 1 aromatic carbocycles. The average Bonchev–Trinajstić information content (AvgIpc) is 2.47. The highest BCUT2D eigenvalue weighted by atomic mass is 79.9. The summed E-state index contributed by atoms with van der Waals surface area (Å²) in [6.07, 6.45) is 1.51. The number of aromatic nitrogens is 1. The summed E-state index contributed by atoms with van der Waals surface area (Å²) in [7, 11) is 0. The predicted octanol–water partition coefficient (Wildman–Crippen LogP) is 2.84. The molecule has 0 saturated carbocycles. The van der Waals surface area contributed by atoms with Gasteiger partial charge >= 0.3 is 0 Å². The van der Waals surface area contributed by atoms with Crippen LogP contribution in [-0.4, -0.2) is 21.9 Å². The Hall–Kier alpha value is -2.12. The lowest BCUT2D eigenvalue weighted by Crippen LogP contribution is -2.19. The van der Waals surface area contributed by atoms with Crippen molar-refractivity contribution in [1.82, 2.24) is 4.98 Å². The number of carbonyl (C=O) groups excluding carboxylic acids is 1. The van der Waals surface area contributed by atoms with Crippen molar-refractivity contribution in [2.45, 2.75) is 0 Å². The SMILES string of the molecule is NC(=NO)c1ccc(Cl)cc1NC(=O)c1ccc(Br)cn1. The smallest absolute Gasteiger partial charge is 0.274 e. The van der Waals surface area contributed by atoms with Gasteiger partial charge in [-0.1, -0.05) is 16.8 Å². The Balaban J connectivity index is 2.32. The lowest BCUT2D eigenvalue weighted by atomic mass is 10.1. The minimum Gasteiger partial charge on any atom is -0.409 e. The van der Waals surface area contributed by atoms with Crippen LogP contribution in [0.2, 0.25) is 5.02 Å². The fraction of sp³-hybridized carbons (Fsp3) is 0. The number of hydrogen-bond acceptors (Lipinski definition) is 4. The Labute approximate surface area is 133 Å². The lowest BCUT2D eigenvalue weighted by molar-refractivity contribution is 0.102. The molecule has 0 saturated heterocycles. The van der Waals surface area contributed by atoms with Crippen LogP contribution < -0.4 is 11.1 Å². The minimum absolute atomic E-state index is 0.134. The summed E-state index contributed by atoms with van der Waals surface area (Å²) in [6, 6.07) is 7.88. The van der Waals surface area contributed by atoms with E-state index in [9.17, 15) is 4.79 Å². The maximum absolute atomic E-state index is 12.1. The van der Waals surface area contributed by atoms with Crippen LogP contribution in [0.15, 0.2) is 46.2 Å². The summed E-state index contributed by atoms with van der Waals surface area (Å²) in [5, 5.41) is 14.7. The molecule has 0 bridgehead atoms. The Bertz CT molecular complexity index is 704. The Morgan fingerprint density at radius 2 is 2.14 bits per heavy atom. The molecule has 1 amide bonds. The van der Waals surface area contributed by atoms with E-state index in [-0.39, 0.29) is 11.5 Å². The highest BCUT2D eigenvalue weighted by molar-refractivity contribution is 9.10. The number of pyridine rings is 1. The van der Waals surface area contributed by atoms with E-state index in [0.29, 0.717) is 16.3 Å². The molecular formula is C13H10BrClN4O2. The van der Waals surface area contributed by atoms with Crippen LogP contribution in [0.3, 0.4) is 0 Å². The molecule has 0 aliphatic rings. The molecule has 4 N–H and O–H groups in total. The number of halogens is 2. The van der Waals surface area contributed by atoms with Gasteiger partial charge in [0.05, 0.1) is 5.69 Å². The first-order valence-corrected chi connectivity index (χ1v) is 6.88. The number of amides is 1. The van der Waals surface area contributed by atoms with Crippen molar-refractivity contribution in [2.24, 2.45) is 10.9 Å². The third kappa shape index (κ3) is 3.71. The third-order valence-electron chi connectivity index (χ3n) is 2.57. The molecule has 0 aliphatic carbocycles. The number of nitrogens with one attached hydrogen (secondary N) is 1. The zero-order valence-electron chi connectivity index (χ0n) is 10.5. The molecule has 2 rings (SSSR count). The molecule has 0 aliphatic heterocycles. The second-order valence-electron chi connectivity index (χ2n) is 3.99. The van der Waals surface area contributed by atoms with Gasteiger partial charge in [0, 0.05) is 21.3 Å². The summed E-state index contributed by atoms with van der Waals surface area (Å²) in [6.45, 7) is 0. The van der Waals surface area contributed by atoms with Gasteiger partial charge in [-0.15, -0.1) is 0 Å². The molecule has 8 heteroatoms. The number of benzene rings is 1. The van der Waals surface area contributed by atoms with E-state index in [1.54, 1.807) is 24.3 Å². The molecule has 108 valence electrons. The van der Waals surface area contributed by atoms with Gasteiger partial charge in [0.25, 0.3) is 5.91 Å². The Morgan fingerprint density at radius 3 is 2.76 bits per heavy atom. The van der Waals surface area contributed by atoms with E-state index < -0.39 is 5.91 Å². The van der Waals surface area contributed by atoms with E-state index >= 15 is 0 Å². The normalized spacial score (nSPS) is 11.2. The highest BCUT2D eigenvalue weighted by Gasteiger charge is 2.13. The molecule has 0 radical (unpaired) electrons. The van der Waals surface area contributed by atoms with E-state index in [1.807, 2.05) is 0 Å². The number of nitrogens with two attached hydrogens (primary N) is 1. The molecule has 1 aromatic heterocycles. The minimum atomic E-state index is -0.434. The topological polar surface area (TPSA) is 101 Å². The van der Waals surface area contributed by atoms with Crippen molar-refractivity contribution in [3.05, 3.63) is 57.3 Å². The van der Waals surface area contributed by atoms with Crippen LogP contribution >= 0.6 is 27.5 Å². The molecule has 6 nitrogen and oxygen atoms in total. The fourth-order valence-corrected chi connectivity index (χ4v) is 2.00. The number of hydrogen-bond donors (Lipinski definition) is 3.